The van der Waals surface area contributed by atoms with Crippen molar-refractivity contribution in [1.29, 1.82) is 0 Å². The lowest BCUT2D eigenvalue weighted by atomic mass is 10.1. The lowest BCUT2D eigenvalue weighted by Gasteiger charge is -2.18. The Balaban J connectivity index is 1.89. The summed E-state index contributed by atoms with van der Waals surface area (Å²) >= 11 is 0. The van der Waals surface area contributed by atoms with E-state index in [1.165, 1.54) is 12.0 Å². The van der Waals surface area contributed by atoms with E-state index >= 15 is 0 Å². The number of ether oxygens (including phenoxy) is 3. The maximum Gasteiger partial charge on any atom is 0.307 e. The van der Waals surface area contributed by atoms with Gasteiger partial charge in [0.15, 0.2) is 0 Å². The van der Waals surface area contributed by atoms with Crippen molar-refractivity contribution in [2.75, 3.05) is 33.9 Å². The van der Waals surface area contributed by atoms with Crippen LogP contribution in [0.1, 0.15) is 16.8 Å². The normalized spacial score (nSPS) is 10.1. The lowest BCUT2D eigenvalue weighted by Crippen LogP contribution is -2.29. The van der Waals surface area contributed by atoms with Gasteiger partial charge in [0.2, 0.25) is 0 Å². The Hall–Kier alpha value is -3.02. The van der Waals surface area contributed by atoms with Gasteiger partial charge in [-0.2, -0.15) is 0 Å². The van der Waals surface area contributed by atoms with E-state index in [9.17, 15) is 9.59 Å². The quantitative estimate of drug-likeness (QED) is 0.510. The number of benzene rings is 2. The summed E-state index contributed by atoms with van der Waals surface area (Å²) in [5, 5.41) is 0. The first-order chi connectivity index (χ1) is 12.6. The first kappa shape index (κ1) is 19.3. The molecule has 6 nitrogen and oxygen atoms in total. The second-order valence-electron chi connectivity index (χ2n) is 5.56. The van der Waals surface area contributed by atoms with Crippen LogP contribution in [-0.4, -0.2) is 50.7 Å². The van der Waals surface area contributed by atoms with Crippen molar-refractivity contribution in [3.05, 3.63) is 60.2 Å². The fraction of sp³-hybridized carbons (Fsp3) is 0.300. The van der Waals surface area contributed by atoms with E-state index in [4.69, 9.17) is 9.47 Å². The van der Waals surface area contributed by atoms with Crippen molar-refractivity contribution in [1.82, 2.24) is 4.90 Å². The highest BCUT2D eigenvalue weighted by Crippen LogP contribution is 2.20. The maximum atomic E-state index is 12.6. The van der Waals surface area contributed by atoms with Crippen molar-refractivity contribution < 1.29 is 23.8 Å². The molecule has 1 amide bonds. The topological polar surface area (TPSA) is 65.1 Å². The van der Waals surface area contributed by atoms with Gasteiger partial charge >= 0.3 is 5.97 Å². The van der Waals surface area contributed by atoms with E-state index in [2.05, 4.69) is 4.74 Å². The zero-order chi connectivity index (χ0) is 18.8. The van der Waals surface area contributed by atoms with Gasteiger partial charge in [-0.1, -0.05) is 30.3 Å². The van der Waals surface area contributed by atoms with Gasteiger partial charge < -0.3 is 19.1 Å². The average molecular weight is 357 g/mol. The van der Waals surface area contributed by atoms with Crippen LogP contribution in [0.5, 0.6) is 11.5 Å². The first-order valence-electron chi connectivity index (χ1n) is 8.33. The molecule has 0 aromatic heterocycles. The number of carbonyl (C=O) groups excluding carboxylic acids is 2. The van der Waals surface area contributed by atoms with Crippen molar-refractivity contribution in [3.8, 4) is 11.5 Å². The van der Waals surface area contributed by atoms with Crippen molar-refractivity contribution in [2.24, 2.45) is 0 Å². The molecule has 0 aliphatic carbocycles. The number of nitrogens with zero attached hydrogens (tertiary/aromatic N) is 1. The highest BCUT2D eigenvalue weighted by atomic mass is 16.5. The maximum absolute atomic E-state index is 12.6. The summed E-state index contributed by atoms with van der Waals surface area (Å²) in [6.45, 7) is 0.951. The average Bonchev–Trinajstić information content (AvgIpc) is 2.69. The largest absolute Gasteiger partial charge is 0.490 e. The Morgan fingerprint density at radius 2 is 1.58 bits per heavy atom. The lowest BCUT2D eigenvalue weighted by molar-refractivity contribution is -0.140. The van der Waals surface area contributed by atoms with E-state index in [-0.39, 0.29) is 24.8 Å². The van der Waals surface area contributed by atoms with Gasteiger partial charge in [0, 0.05) is 13.6 Å². The van der Waals surface area contributed by atoms with Crippen LogP contribution in [0.3, 0.4) is 0 Å². The Morgan fingerprint density at radius 3 is 2.31 bits per heavy atom. The summed E-state index contributed by atoms with van der Waals surface area (Å²) in [4.78, 5) is 25.3. The monoisotopic (exact) mass is 357 g/mol. The van der Waals surface area contributed by atoms with Gasteiger partial charge in [-0.3, -0.25) is 9.59 Å². The van der Waals surface area contributed by atoms with E-state index in [0.29, 0.717) is 24.5 Å². The number of carbonyl (C=O) groups is 2. The highest BCUT2D eigenvalue weighted by Gasteiger charge is 2.17. The molecule has 0 atom stereocenters. The van der Waals surface area contributed by atoms with E-state index in [1.54, 1.807) is 31.3 Å². The van der Waals surface area contributed by atoms with E-state index in [1.807, 2.05) is 30.3 Å². The van der Waals surface area contributed by atoms with Gasteiger partial charge in [-0.25, -0.2) is 0 Å². The molecular formula is C20H23NO5. The molecule has 0 aliphatic heterocycles. The van der Waals surface area contributed by atoms with Crippen LogP contribution in [-0.2, 0) is 9.53 Å². The van der Waals surface area contributed by atoms with Gasteiger partial charge in [0.25, 0.3) is 5.91 Å². The van der Waals surface area contributed by atoms with E-state index in [0.717, 1.165) is 5.75 Å². The third-order valence-electron chi connectivity index (χ3n) is 3.70. The predicted molar refractivity (Wildman–Crippen MR) is 97.5 cm³/mol. The van der Waals surface area contributed by atoms with Gasteiger partial charge in [-0.15, -0.1) is 0 Å². The fourth-order valence-corrected chi connectivity index (χ4v) is 2.27. The molecule has 0 N–H and O–H groups in total. The molecule has 0 saturated heterocycles. The SMILES string of the molecule is COC(=O)CCN(C)C(=O)c1ccccc1OCCOc1ccccc1. The molecule has 0 saturated carbocycles. The Kier molecular flexibility index (Phi) is 7.49. The van der Waals surface area contributed by atoms with Gasteiger partial charge in [-0.05, 0) is 24.3 Å². The fourth-order valence-electron chi connectivity index (χ4n) is 2.27. The van der Waals surface area contributed by atoms with Crippen LogP contribution in [0, 0.1) is 0 Å². The van der Waals surface area contributed by atoms with Crippen LogP contribution in [0.15, 0.2) is 54.6 Å². The third kappa shape index (κ3) is 5.81. The number of hydrogen-bond acceptors (Lipinski definition) is 5. The van der Waals surface area contributed by atoms with Crippen LogP contribution >= 0.6 is 0 Å². The van der Waals surface area contributed by atoms with Crippen LogP contribution in [0.4, 0.5) is 0 Å². The summed E-state index contributed by atoms with van der Waals surface area (Å²) in [5.41, 5.74) is 0.444. The summed E-state index contributed by atoms with van der Waals surface area (Å²) in [7, 11) is 2.96. The van der Waals surface area contributed by atoms with Gasteiger partial charge in [0.05, 0.1) is 19.1 Å². The van der Waals surface area contributed by atoms with Crippen LogP contribution in [0.2, 0.25) is 0 Å². The number of esters is 1. The second-order valence-corrected chi connectivity index (χ2v) is 5.56. The number of methoxy groups -OCH3 is 1. The molecule has 0 spiro atoms. The number of para-hydroxylation sites is 2. The molecule has 2 aromatic rings. The molecule has 0 radical (unpaired) electrons. The van der Waals surface area contributed by atoms with Crippen LogP contribution < -0.4 is 9.47 Å². The van der Waals surface area contributed by atoms with Crippen molar-refractivity contribution in [3.63, 3.8) is 0 Å². The van der Waals surface area contributed by atoms with E-state index < -0.39 is 0 Å². The number of amides is 1. The summed E-state index contributed by atoms with van der Waals surface area (Å²) < 4.78 is 15.9. The standard InChI is InChI=1S/C20H23NO5/c1-21(13-12-19(22)24-2)20(23)17-10-6-7-11-18(17)26-15-14-25-16-8-4-3-5-9-16/h3-11H,12-15H2,1-2H3. The Bertz CT molecular complexity index is 717. The predicted octanol–water partition coefficient (Wildman–Crippen LogP) is 2.78. The molecule has 0 fully saturated rings. The second kappa shape index (κ2) is 10.1. The summed E-state index contributed by atoms with van der Waals surface area (Å²) in [6.07, 6.45) is 0.146. The molecule has 0 unspecified atom stereocenters. The Morgan fingerprint density at radius 1 is 0.923 bits per heavy atom. The molecule has 0 bridgehead atoms. The van der Waals surface area contributed by atoms with Crippen molar-refractivity contribution in [2.45, 2.75) is 6.42 Å². The molecular weight excluding hydrogens is 334 g/mol. The summed E-state index contributed by atoms with van der Waals surface area (Å²) in [6, 6.07) is 16.5. The molecule has 6 heteroatoms. The summed E-state index contributed by atoms with van der Waals surface area (Å²) in [5.74, 6) is 0.683. The minimum absolute atomic E-state index is 0.146. The number of hydrogen-bond donors (Lipinski definition) is 0. The zero-order valence-corrected chi connectivity index (χ0v) is 15.0. The number of rotatable bonds is 9. The zero-order valence-electron chi connectivity index (χ0n) is 15.0. The minimum atomic E-state index is -0.354. The molecule has 0 heterocycles. The molecule has 2 rings (SSSR count). The van der Waals surface area contributed by atoms with Gasteiger partial charge in [0.1, 0.15) is 24.7 Å². The van der Waals surface area contributed by atoms with Crippen LogP contribution in [0.25, 0.3) is 0 Å². The van der Waals surface area contributed by atoms with Crippen molar-refractivity contribution >= 4 is 11.9 Å². The Labute approximate surface area is 153 Å². The molecule has 138 valence electrons. The molecule has 26 heavy (non-hydrogen) atoms. The highest BCUT2D eigenvalue weighted by molar-refractivity contribution is 5.96. The molecule has 2 aromatic carbocycles. The smallest absolute Gasteiger partial charge is 0.307 e. The first-order valence-corrected chi connectivity index (χ1v) is 8.33. The minimum Gasteiger partial charge on any atom is -0.490 e. The third-order valence-corrected chi connectivity index (χ3v) is 3.70. The molecule has 0 aliphatic rings.